The van der Waals surface area contributed by atoms with Crippen LogP contribution in [0.5, 0.6) is 0 Å². The van der Waals surface area contributed by atoms with E-state index in [-0.39, 0.29) is 16.2 Å². The second kappa shape index (κ2) is 8.70. The lowest BCUT2D eigenvalue weighted by Gasteiger charge is -2.22. The maximum absolute atomic E-state index is 13.3. The van der Waals surface area contributed by atoms with E-state index in [1.54, 1.807) is 17.7 Å². The van der Waals surface area contributed by atoms with Crippen molar-refractivity contribution in [2.45, 2.75) is 18.0 Å². The number of benzene rings is 2. The highest BCUT2D eigenvalue weighted by molar-refractivity contribution is 7.90. The molecule has 0 fully saturated rings. The number of nitrogens with zero attached hydrogens (tertiary/aromatic N) is 1. The summed E-state index contributed by atoms with van der Waals surface area (Å²) in [5.74, 6) is -4.13. The predicted octanol–water partition coefficient (Wildman–Crippen LogP) is 2.90. The molecule has 0 aliphatic rings. The molecule has 1 amide bonds. The van der Waals surface area contributed by atoms with Gasteiger partial charge in [0.2, 0.25) is 0 Å². The van der Waals surface area contributed by atoms with Gasteiger partial charge in [-0.15, -0.1) is 0 Å². The first-order valence-electron chi connectivity index (χ1n) is 8.57. The van der Waals surface area contributed by atoms with E-state index in [1.165, 1.54) is 62.6 Å². The number of sulfonamides is 1. The standard InChI is InChI=1S/C20H19F3N2O4S/c1-13-9-11-15(12-10-13)30(28,29)24-19(27)16(18(26)20(21,22)23)17(25(2)3)14-7-5-4-6-8-14/h4-12H,1-3H3,(H,24,27)/b17-16-. The van der Waals surface area contributed by atoms with Gasteiger partial charge in [0.05, 0.1) is 10.6 Å². The third kappa shape index (κ3) is 5.26. The minimum absolute atomic E-state index is 0.137. The predicted molar refractivity (Wildman–Crippen MR) is 105 cm³/mol. The van der Waals surface area contributed by atoms with Gasteiger partial charge in [0.15, 0.2) is 0 Å². The summed E-state index contributed by atoms with van der Waals surface area (Å²) in [6.45, 7) is 1.71. The van der Waals surface area contributed by atoms with Crippen LogP contribution in [0.2, 0.25) is 0 Å². The summed E-state index contributed by atoms with van der Waals surface area (Å²) in [5, 5.41) is 0. The average Bonchev–Trinajstić information content (AvgIpc) is 2.65. The fourth-order valence-electron chi connectivity index (χ4n) is 2.63. The molecule has 6 nitrogen and oxygen atoms in total. The van der Waals surface area contributed by atoms with Crippen molar-refractivity contribution in [3.8, 4) is 0 Å². The molecule has 0 heterocycles. The van der Waals surface area contributed by atoms with Gasteiger partial charge in [0.25, 0.3) is 21.7 Å². The van der Waals surface area contributed by atoms with Crippen LogP contribution < -0.4 is 4.72 Å². The van der Waals surface area contributed by atoms with Gasteiger partial charge in [-0.2, -0.15) is 13.2 Å². The van der Waals surface area contributed by atoms with E-state index in [9.17, 15) is 31.2 Å². The minimum atomic E-state index is -5.39. The average molecular weight is 440 g/mol. The molecule has 0 atom stereocenters. The summed E-state index contributed by atoms with van der Waals surface area (Å²) >= 11 is 0. The normalized spacial score (nSPS) is 12.7. The molecule has 0 bridgehead atoms. The highest BCUT2D eigenvalue weighted by Crippen LogP contribution is 2.28. The lowest BCUT2D eigenvalue weighted by Crippen LogP contribution is -2.39. The Labute approximate surface area is 172 Å². The quantitative estimate of drug-likeness (QED) is 0.424. The number of halogens is 3. The summed E-state index contributed by atoms with van der Waals surface area (Å²) in [5.41, 5.74) is -0.811. The number of alkyl halides is 3. The summed E-state index contributed by atoms with van der Waals surface area (Å²) in [6.07, 6.45) is -5.39. The lowest BCUT2D eigenvalue weighted by molar-refractivity contribution is -0.167. The molecule has 0 radical (unpaired) electrons. The number of carbonyl (C=O) groups is 2. The van der Waals surface area contributed by atoms with Crippen LogP contribution in [0.3, 0.4) is 0 Å². The molecule has 0 aliphatic carbocycles. The van der Waals surface area contributed by atoms with Gasteiger partial charge in [0.1, 0.15) is 5.57 Å². The first-order valence-corrected chi connectivity index (χ1v) is 10.1. The number of nitrogens with one attached hydrogen (secondary N) is 1. The van der Waals surface area contributed by atoms with Gasteiger partial charge in [0, 0.05) is 14.1 Å². The van der Waals surface area contributed by atoms with Crippen LogP contribution >= 0.6 is 0 Å². The molecule has 0 saturated carbocycles. The third-order valence-corrected chi connectivity index (χ3v) is 5.35. The zero-order chi connectivity index (χ0) is 22.7. The van der Waals surface area contributed by atoms with Crippen molar-refractivity contribution in [3.05, 3.63) is 71.3 Å². The molecular formula is C20H19F3N2O4S. The van der Waals surface area contributed by atoms with Gasteiger partial charge < -0.3 is 4.90 Å². The van der Waals surface area contributed by atoms with Crippen molar-refractivity contribution in [2.75, 3.05) is 14.1 Å². The van der Waals surface area contributed by atoms with E-state index in [1.807, 2.05) is 0 Å². The second-order valence-corrected chi connectivity index (χ2v) is 8.24. The number of ketones is 1. The molecule has 0 saturated heterocycles. The van der Waals surface area contributed by atoms with Gasteiger partial charge in [-0.25, -0.2) is 13.1 Å². The minimum Gasteiger partial charge on any atom is -0.376 e. The summed E-state index contributed by atoms with van der Waals surface area (Å²) in [4.78, 5) is 25.7. The van der Waals surface area contributed by atoms with E-state index in [0.717, 1.165) is 10.5 Å². The van der Waals surface area contributed by atoms with Crippen molar-refractivity contribution < 1.29 is 31.2 Å². The number of amides is 1. The molecule has 0 aliphatic heterocycles. The van der Waals surface area contributed by atoms with Gasteiger partial charge in [-0.3, -0.25) is 9.59 Å². The highest BCUT2D eigenvalue weighted by atomic mass is 32.2. The molecule has 30 heavy (non-hydrogen) atoms. The van der Waals surface area contributed by atoms with E-state index in [4.69, 9.17) is 0 Å². The lowest BCUT2D eigenvalue weighted by atomic mass is 10.0. The van der Waals surface area contributed by atoms with Gasteiger partial charge in [-0.05, 0) is 24.6 Å². The van der Waals surface area contributed by atoms with Crippen LogP contribution in [0.4, 0.5) is 13.2 Å². The summed E-state index contributed by atoms with van der Waals surface area (Å²) in [7, 11) is -1.83. The maximum atomic E-state index is 13.3. The van der Waals surface area contributed by atoms with Crippen molar-refractivity contribution in [2.24, 2.45) is 0 Å². The third-order valence-electron chi connectivity index (χ3n) is 4.00. The maximum Gasteiger partial charge on any atom is 0.455 e. The molecule has 2 aromatic rings. The number of Topliss-reactive ketones (excluding diaryl/α,β-unsaturated/α-hetero) is 1. The van der Waals surface area contributed by atoms with Gasteiger partial charge in [-0.1, -0.05) is 48.0 Å². The Morgan fingerprint density at radius 2 is 1.47 bits per heavy atom. The van der Waals surface area contributed by atoms with Crippen LogP contribution in [0.25, 0.3) is 5.70 Å². The smallest absolute Gasteiger partial charge is 0.376 e. The number of carbonyl (C=O) groups excluding carboxylic acids is 2. The van der Waals surface area contributed by atoms with Crippen LogP contribution in [-0.2, 0) is 19.6 Å². The van der Waals surface area contributed by atoms with Crippen LogP contribution in [0.15, 0.2) is 65.1 Å². The first-order chi connectivity index (χ1) is 13.8. The molecule has 0 unspecified atom stereocenters. The molecule has 2 aromatic carbocycles. The molecule has 2 rings (SSSR count). The summed E-state index contributed by atoms with van der Waals surface area (Å²) < 4.78 is 66.4. The monoisotopic (exact) mass is 440 g/mol. The molecule has 160 valence electrons. The molecule has 0 aromatic heterocycles. The Morgan fingerprint density at radius 1 is 0.933 bits per heavy atom. The zero-order valence-electron chi connectivity index (χ0n) is 16.3. The van der Waals surface area contributed by atoms with Gasteiger partial charge >= 0.3 is 6.18 Å². The fourth-order valence-corrected chi connectivity index (χ4v) is 3.59. The zero-order valence-corrected chi connectivity index (χ0v) is 17.1. The first kappa shape index (κ1) is 23.1. The van der Waals surface area contributed by atoms with E-state index in [0.29, 0.717) is 0 Å². The SMILES string of the molecule is Cc1ccc(S(=O)(=O)NC(=O)/C(C(=O)C(F)(F)F)=C(/c2ccccc2)N(C)C)cc1. The highest BCUT2D eigenvalue weighted by Gasteiger charge is 2.45. The summed E-state index contributed by atoms with van der Waals surface area (Å²) in [6, 6.07) is 12.8. The van der Waals surface area contributed by atoms with E-state index in [2.05, 4.69) is 0 Å². The van der Waals surface area contributed by atoms with Crippen molar-refractivity contribution in [3.63, 3.8) is 0 Å². The Hall–Kier alpha value is -3.14. The van der Waals surface area contributed by atoms with Crippen LogP contribution in [-0.4, -0.2) is 45.3 Å². The number of rotatable bonds is 6. The van der Waals surface area contributed by atoms with Crippen LogP contribution in [0, 0.1) is 6.92 Å². The van der Waals surface area contributed by atoms with E-state index >= 15 is 0 Å². The Bertz CT molecular complexity index is 1080. The number of hydrogen-bond acceptors (Lipinski definition) is 5. The largest absolute Gasteiger partial charge is 0.455 e. The van der Waals surface area contributed by atoms with Crippen LogP contribution in [0.1, 0.15) is 11.1 Å². The fraction of sp³-hybridized carbons (Fsp3) is 0.200. The number of hydrogen-bond donors (Lipinski definition) is 1. The molecular weight excluding hydrogens is 421 g/mol. The van der Waals surface area contributed by atoms with Crippen molar-refractivity contribution >= 4 is 27.4 Å². The number of aryl methyl sites for hydroxylation is 1. The molecule has 0 spiro atoms. The topological polar surface area (TPSA) is 83.5 Å². The molecule has 10 heteroatoms. The second-order valence-electron chi connectivity index (χ2n) is 6.56. The Kier molecular flexibility index (Phi) is 6.71. The van der Waals surface area contributed by atoms with Crippen molar-refractivity contribution in [1.29, 1.82) is 0 Å². The van der Waals surface area contributed by atoms with Crippen molar-refractivity contribution in [1.82, 2.24) is 9.62 Å². The van der Waals surface area contributed by atoms with E-state index < -0.39 is 33.5 Å². The Morgan fingerprint density at radius 3 is 1.93 bits per heavy atom. The molecule has 1 N–H and O–H groups in total. The Balaban J connectivity index is 2.64.